The van der Waals surface area contributed by atoms with Crippen LogP contribution in [0, 0.1) is 17.5 Å². The van der Waals surface area contributed by atoms with Gasteiger partial charge in [-0.15, -0.1) is 0 Å². The van der Waals surface area contributed by atoms with Crippen molar-refractivity contribution in [1.29, 1.82) is 0 Å². The fourth-order valence-corrected chi connectivity index (χ4v) is 3.79. The molecule has 1 aliphatic rings. The summed E-state index contributed by atoms with van der Waals surface area (Å²) in [4.78, 5) is 2.18. The van der Waals surface area contributed by atoms with Crippen molar-refractivity contribution in [2.24, 2.45) is 0 Å². The zero-order chi connectivity index (χ0) is 18.8. The van der Waals surface area contributed by atoms with Gasteiger partial charge in [0.25, 0.3) is 0 Å². The molecule has 1 aromatic heterocycles. The van der Waals surface area contributed by atoms with Gasteiger partial charge in [0.2, 0.25) is 0 Å². The van der Waals surface area contributed by atoms with Crippen molar-refractivity contribution in [3.05, 3.63) is 77.4 Å². The Hall–Kier alpha value is -2.60. The Morgan fingerprint density at radius 2 is 1.81 bits per heavy atom. The highest BCUT2D eigenvalue weighted by molar-refractivity contribution is 5.65. The minimum Gasteiger partial charge on any atom is -0.298 e. The predicted octanol–water partition coefficient (Wildman–Crippen LogP) is 4.87. The van der Waals surface area contributed by atoms with Crippen molar-refractivity contribution in [3.8, 4) is 11.1 Å². The van der Waals surface area contributed by atoms with Crippen molar-refractivity contribution >= 4 is 0 Å². The second kappa shape index (κ2) is 7.56. The van der Waals surface area contributed by atoms with E-state index >= 15 is 0 Å². The molecule has 0 aliphatic carbocycles. The molecule has 1 saturated heterocycles. The maximum absolute atomic E-state index is 14.0. The standard InChI is InChI=1S/C21H20F3N3/c22-17-6-3-14(4-7-17)19-11-25-26-21(19)16-2-1-9-27(13-16)12-15-5-8-18(23)10-20(15)24/h3-8,10-11,16H,1-2,9,12-13H2,(H,25,26)/t16-/m1/s1. The van der Waals surface area contributed by atoms with Crippen LogP contribution in [0.1, 0.15) is 30.0 Å². The first-order chi connectivity index (χ1) is 13.1. The normalized spacial score (nSPS) is 18.0. The average molecular weight is 371 g/mol. The zero-order valence-electron chi connectivity index (χ0n) is 14.8. The number of piperidine rings is 1. The molecule has 140 valence electrons. The molecule has 1 aliphatic heterocycles. The molecule has 0 bridgehead atoms. The summed E-state index contributed by atoms with van der Waals surface area (Å²) >= 11 is 0. The quantitative estimate of drug-likeness (QED) is 0.709. The molecule has 0 spiro atoms. The molecule has 1 N–H and O–H groups in total. The maximum atomic E-state index is 14.0. The number of rotatable bonds is 4. The second-order valence-corrected chi connectivity index (χ2v) is 7.01. The van der Waals surface area contributed by atoms with E-state index in [1.54, 1.807) is 18.3 Å². The van der Waals surface area contributed by atoms with Crippen LogP contribution in [0.3, 0.4) is 0 Å². The van der Waals surface area contributed by atoms with Crippen LogP contribution in [0.2, 0.25) is 0 Å². The molecule has 27 heavy (non-hydrogen) atoms. The topological polar surface area (TPSA) is 31.9 Å². The minimum absolute atomic E-state index is 0.227. The number of hydrogen-bond donors (Lipinski definition) is 1. The van der Waals surface area contributed by atoms with Gasteiger partial charge in [0.1, 0.15) is 17.5 Å². The predicted molar refractivity (Wildman–Crippen MR) is 97.6 cm³/mol. The number of nitrogens with zero attached hydrogens (tertiary/aromatic N) is 2. The van der Waals surface area contributed by atoms with Crippen molar-refractivity contribution in [3.63, 3.8) is 0 Å². The number of aromatic amines is 1. The van der Waals surface area contributed by atoms with Gasteiger partial charge in [-0.2, -0.15) is 5.10 Å². The van der Waals surface area contributed by atoms with Crippen LogP contribution in [0.25, 0.3) is 11.1 Å². The van der Waals surface area contributed by atoms with E-state index in [1.165, 1.54) is 24.3 Å². The molecule has 1 fully saturated rings. The number of nitrogens with one attached hydrogen (secondary N) is 1. The first-order valence-electron chi connectivity index (χ1n) is 9.05. The van der Waals surface area contributed by atoms with Crippen LogP contribution in [0.15, 0.2) is 48.7 Å². The Morgan fingerprint density at radius 3 is 2.59 bits per heavy atom. The van der Waals surface area contributed by atoms with Gasteiger partial charge < -0.3 is 0 Å². The summed E-state index contributed by atoms with van der Waals surface area (Å²) in [7, 11) is 0. The fraction of sp³-hybridized carbons (Fsp3) is 0.286. The van der Waals surface area contributed by atoms with Gasteiger partial charge in [-0.1, -0.05) is 18.2 Å². The lowest BCUT2D eigenvalue weighted by molar-refractivity contribution is 0.196. The van der Waals surface area contributed by atoms with Crippen LogP contribution in [-0.4, -0.2) is 28.2 Å². The maximum Gasteiger partial charge on any atom is 0.130 e. The molecule has 2 heterocycles. The molecule has 3 aromatic rings. The van der Waals surface area contributed by atoms with Gasteiger partial charge in [0.05, 0.1) is 6.20 Å². The Bertz CT molecular complexity index is 921. The molecule has 0 saturated carbocycles. The van der Waals surface area contributed by atoms with E-state index in [9.17, 15) is 13.2 Å². The minimum atomic E-state index is -0.561. The van der Waals surface area contributed by atoms with Gasteiger partial charge >= 0.3 is 0 Å². The lowest BCUT2D eigenvalue weighted by atomic mass is 9.90. The first kappa shape index (κ1) is 17.8. The van der Waals surface area contributed by atoms with Gasteiger partial charge in [0.15, 0.2) is 0 Å². The number of H-pyrrole nitrogens is 1. The Balaban J connectivity index is 1.52. The van der Waals surface area contributed by atoms with Gasteiger partial charge in [-0.3, -0.25) is 10.00 Å². The lowest BCUT2D eigenvalue weighted by Gasteiger charge is -2.32. The largest absolute Gasteiger partial charge is 0.298 e. The SMILES string of the molecule is Fc1ccc(-c2cn[nH]c2[C@@H]2CCCN(Cc3ccc(F)cc3F)C2)cc1. The summed E-state index contributed by atoms with van der Waals surface area (Å²) in [5, 5.41) is 7.29. The molecule has 0 amide bonds. The third-order valence-electron chi connectivity index (χ3n) is 5.15. The highest BCUT2D eigenvalue weighted by atomic mass is 19.1. The molecule has 3 nitrogen and oxygen atoms in total. The van der Waals surface area contributed by atoms with Crippen molar-refractivity contribution < 1.29 is 13.2 Å². The molecular formula is C21H20F3N3. The summed E-state index contributed by atoms with van der Waals surface area (Å²) < 4.78 is 40.3. The van der Waals surface area contributed by atoms with E-state index in [-0.39, 0.29) is 11.7 Å². The van der Waals surface area contributed by atoms with Crippen LogP contribution in [-0.2, 0) is 6.54 Å². The summed E-state index contributed by atoms with van der Waals surface area (Å²) in [6, 6.07) is 10.1. The van der Waals surface area contributed by atoms with E-state index in [4.69, 9.17) is 0 Å². The fourth-order valence-electron chi connectivity index (χ4n) is 3.79. The Kier molecular flexibility index (Phi) is 4.99. The van der Waals surface area contributed by atoms with E-state index in [1.807, 2.05) is 0 Å². The Morgan fingerprint density at radius 1 is 1.04 bits per heavy atom. The van der Waals surface area contributed by atoms with Crippen molar-refractivity contribution in [2.45, 2.75) is 25.3 Å². The van der Waals surface area contributed by atoms with Crippen molar-refractivity contribution in [1.82, 2.24) is 15.1 Å². The van der Waals surface area contributed by atoms with Gasteiger partial charge in [-0.25, -0.2) is 13.2 Å². The smallest absolute Gasteiger partial charge is 0.130 e. The van der Waals surface area contributed by atoms with Crippen molar-refractivity contribution in [2.75, 3.05) is 13.1 Å². The third kappa shape index (κ3) is 3.90. The van der Waals surface area contributed by atoms with Crippen LogP contribution >= 0.6 is 0 Å². The molecule has 4 rings (SSSR count). The van der Waals surface area contributed by atoms with E-state index < -0.39 is 11.6 Å². The number of halogens is 3. The molecule has 2 aromatic carbocycles. The Labute approximate surface area is 155 Å². The highest BCUT2D eigenvalue weighted by Crippen LogP contribution is 2.33. The molecule has 0 radical (unpaired) electrons. The number of aromatic nitrogens is 2. The molecular weight excluding hydrogens is 351 g/mol. The summed E-state index contributed by atoms with van der Waals surface area (Å²) in [5.41, 5.74) is 3.41. The summed E-state index contributed by atoms with van der Waals surface area (Å²) in [6.45, 7) is 2.07. The highest BCUT2D eigenvalue weighted by Gasteiger charge is 2.25. The zero-order valence-corrected chi connectivity index (χ0v) is 14.8. The number of likely N-dealkylation sites (tertiary alicyclic amines) is 1. The number of hydrogen-bond acceptors (Lipinski definition) is 2. The third-order valence-corrected chi connectivity index (χ3v) is 5.15. The lowest BCUT2D eigenvalue weighted by Crippen LogP contribution is -2.34. The van der Waals surface area contributed by atoms with Gasteiger partial charge in [-0.05, 0) is 43.1 Å². The molecule has 6 heteroatoms. The molecule has 0 unspecified atom stereocenters. The van der Waals surface area contributed by atoms with E-state index in [2.05, 4.69) is 15.1 Å². The van der Waals surface area contributed by atoms with Crippen LogP contribution in [0.4, 0.5) is 13.2 Å². The van der Waals surface area contributed by atoms with E-state index in [0.29, 0.717) is 12.1 Å². The summed E-state index contributed by atoms with van der Waals surface area (Å²) in [6.07, 6.45) is 3.75. The average Bonchev–Trinajstić information content (AvgIpc) is 3.15. The summed E-state index contributed by atoms with van der Waals surface area (Å²) in [5.74, 6) is -1.11. The van der Waals surface area contributed by atoms with Crippen LogP contribution in [0.5, 0.6) is 0 Å². The monoisotopic (exact) mass is 371 g/mol. The van der Waals surface area contributed by atoms with E-state index in [0.717, 1.165) is 48.8 Å². The number of benzene rings is 2. The van der Waals surface area contributed by atoms with Gasteiger partial charge in [0, 0.05) is 41.9 Å². The first-order valence-corrected chi connectivity index (χ1v) is 9.05. The molecule has 1 atom stereocenters. The second-order valence-electron chi connectivity index (χ2n) is 7.01. The van der Waals surface area contributed by atoms with Crippen LogP contribution < -0.4 is 0 Å².